The van der Waals surface area contributed by atoms with Gasteiger partial charge in [0.15, 0.2) is 0 Å². The zero-order chi connectivity index (χ0) is 48.5. The van der Waals surface area contributed by atoms with Gasteiger partial charge in [-0.3, -0.25) is 8.98 Å². The minimum atomic E-state index is -5.36. The van der Waals surface area contributed by atoms with Gasteiger partial charge in [-0.1, -0.05) is 113 Å². The SMILES string of the molecule is CCCCCCCCCCCCCCCC(=O)OC(C)/C=C/C[C@@H](Cl)[C@H](Cl)[C@H](CC(Cl)[C@H](Cl)[C@@H](O)[C@H](Cl)[C@@H](Cl)[C@H](Cl)C(O)[C@H](Cl)[C@@H](O)C(Cl)(Cl)CCC(Cl)C(O)CO)OS(=O)(=O)[O-]. The van der Waals surface area contributed by atoms with E-state index in [-0.39, 0.29) is 25.2 Å². The number of carbonyl (C=O) groups is 1. The zero-order valence-corrected chi connectivity index (χ0v) is 44.6. The lowest BCUT2D eigenvalue weighted by Gasteiger charge is -2.36. The first-order chi connectivity index (χ1) is 29.3. The number of rotatable bonds is 38. The molecule has 0 aromatic carbocycles. The van der Waals surface area contributed by atoms with Crippen molar-refractivity contribution in [3.8, 4) is 0 Å². The monoisotopic (exact) mass is 1140 g/mol. The van der Waals surface area contributed by atoms with E-state index in [0.29, 0.717) is 6.42 Å². The van der Waals surface area contributed by atoms with Gasteiger partial charge in [-0.15, -0.1) is 104 Å². The Kier molecular flexibility index (Phi) is 36.4. The van der Waals surface area contributed by atoms with Crippen LogP contribution in [-0.2, 0) is 24.1 Å². The molecule has 0 aromatic rings. The molecular weight excluding hydrogens is 1080 g/mol. The van der Waals surface area contributed by atoms with E-state index in [1.165, 1.54) is 57.8 Å². The Bertz CT molecular complexity index is 1350. The van der Waals surface area contributed by atoms with E-state index >= 15 is 0 Å². The van der Waals surface area contributed by atoms with E-state index < -0.39 is 113 Å². The average Bonchev–Trinajstić information content (AvgIpc) is 3.23. The second-order valence-corrected chi connectivity index (χ2v) is 23.1. The van der Waals surface area contributed by atoms with Crippen molar-refractivity contribution in [2.75, 3.05) is 6.61 Å². The Balaban J connectivity index is 5.14. The number of hydrogen-bond donors (Lipinski definition) is 5. The highest BCUT2D eigenvalue weighted by atomic mass is 35.5. The van der Waals surface area contributed by atoms with Gasteiger partial charge in [-0.05, 0) is 45.1 Å². The van der Waals surface area contributed by atoms with Crippen molar-refractivity contribution >= 4 is 144 Å². The van der Waals surface area contributed by atoms with Crippen LogP contribution in [0.2, 0.25) is 0 Å². The van der Waals surface area contributed by atoms with Crippen LogP contribution in [0.25, 0.3) is 0 Å². The lowest BCUT2D eigenvalue weighted by atomic mass is 9.96. The van der Waals surface area contributed by atoms with E-state index in [2.05, 4.69) is 11.1 Å². The molecule has 0 saturated heterocycles. The highest BCUT2D eigenvalue weighted by molar-refractivity contribution is 7.80. The zero-order valence-electron chi connectivity index (χ0n) is 35.5. The first-order valence-electron chi connectivity index (χ1n) is 21.3. The predicted octanol–water partition coefficient (Wildman–Crippen LogP) is 10.4. The van der Waals surface area contributed by atoms with E-state index in [9.17, 15) is 38.2 Å². The molecule has 63 heavy (non-hydrogen) atoms. The molecule has 376 valence electrons. The van der Waals surface area contributed by atoms with Gasteiger partial charge in [0.2, 0.25) is 10.4 Å². The summed E-state index contributed by atoms with van der Waals surface area (Å²) >= 11 is 69.8. The summed E-state index contributed by atoms with van der Waals surface area (Å²) in [4.78, 5) is 12.4. The summed E-state index contributed by atoms with van der Waals surface area (Å²) in [6, 6.07) is 0. The minimum Gasteiger partial charge on any atom is -0.726 e. The van der Waals surface area contributed by atoms with Crippen molar-refractivity contribution in [1.29, 1.82) is 0 Å². The maximum Gasteiger partial charge on any atom is 0.306 e. The molecule has 0 radical (unpaired) electrons. The second kappa shape index (κ2) is 35.2. The Hall–Kier alpha value is 2.07. The minimum absolute atomic E-state index is 0.0249. The highest BCUT2D eigenvalue weighted by Crippen LogP contribution is 2.39. The second-order valence-electron chi connectivity index (χ2n) is 15.8. The van der Waals surface area contributed by atoms with Gasteiger partial charge in [-0.25, -0.2) is 8.42 Å². The van der Waals surface area contributed by atoms with Crippen LogP contribution in [0.5, 0.6) is 0 Å². The fourth-order valence-corrected chi connectivity index (χ4v) is 10.4. The summed E-state index contributed by atoms with van der Waals surface area (Å²) < 4.78 is 43.1. The molecule has 5 unspecified atom stereocenters. The Labute approximate surface area is 430 Å². The molecule has 0 aliphatic heterocycles. The van der Waals surface area contributed by atoms with Crippen molar-refractivity contribution < 1.29 is 52.2 Å². The van der Waals surface area contributed by atoms with Gasteiger partial charge >= 0.3 is 5.97 Å². The smallest absolute Gasteiger partial charge is 0.306 e. The van der Waals surface area contributed by atoms with Crippen LogP contribution in [0.4, 0.5) is 0 Å². The molecule has 0 spiro atoms. The number of allylic oxidation sites excluding steroid dienone is 1. The number of alkyl halides is 11. The quantitative estimate of drug-likeness (QED) is 0.00986. The van der Waals surface area contributed by atoms with Crippen LogP contribution >= 0.6 is 128 Å². The van der Waals surface area contributed by atoms with Crippen molar-refractivity contribution in [2.45, 2.75) is 219 Å². The van der Waals surface area contributed by atoms with Crippen molar-refractivity contribution in [2.24, 2.45) is 0 Å². The lowest BCUT2D eigenvalue weighted by Crippen LogP contribution is -2.52. The molecule has 0 amide bonds. The van der Waals surface area contributed by atoms with Crippen LogP contribution in [0, 0.1) is 0 Å². The van der Waals surface area contributed by atoms with Gasteiger partial charge < -0.3 is 34.8 Å². The van der Waals surface area contributed by atoms with Crippen LogP contribution in [0.15, 0.2) is 12.2 Å². The molecule has 0 aromatic heterocycles. The van der Waals surface area contributed by atoms with Gasteiger partial charge in [0, 0.05) is 6.42 Å². The number of unbranched alkanes of at least 4 members (excludes halogenated alkanes) is 12. The van der Waals surface area contributed by atoms with Crippen LogP contribution in [0.1, 0.15) is 129 Å². The Morgan fingerprint density at radius 2 is 1.16 bits per heavy atom. The van der Waals surface area contributed by atoms with Crippen LogP contribution in [0.3, 0.4) is 0 Å². The number of halogens is 11. The average molecular weight is 1150 g/mol. The first-order valence-corrected chi connectivity index (χ1v) is 27.3. The Morgan fingerprint density at radius 3 is 1.63 bits per heavy atom. The number of esters is 1. The van der Waals surface area contributed by atoms with E-state index in [1.807, 2.05) is 0 Å². The van der Waals surface area contributed by atoms with E-state index in [4.69, 9.17) is 137 Å². The summed E-state index contributed by atoms with van der Waals surface area (Å²) in [6.45, 7) is 3.25. The highest BCUT2D eigenvalue weighted by Gasteiger charge is 2.47. The molecule has 0 rings (SSSR count). The molecule has 0 aliphatic carbocycles. The number of aliphatic hydroxyl groups excluding tert-OH is 5. The molecule has 11 nitrogen and oxygen atoms in total. The van der Waals surface area contributed by atoms with E-state index in [0.717, 1.165) is 25.7 Å². The van der Waals surface area contributed by atoms with Crippen molar-refractivity contribution in [1.82, 2.24) is 0 Å². The molecule has 0 fully saturated rings. The summed E-state index contributed by atoms with van der Waals surface area (Å²) in [6.07, 6.45) is 9.04. The molecule has 0 bridgehead atoms. The molecule has 15 atom stereocenters. The summed E-state index contributed by atoms with van der Waals surface area (Å²) in [5.74, 6) is -0.341. The predicted molar refractivity (Wildman–Crippen MR) is 260 cm³/mol. The topological polar surface area (TPSA) is 194 Å². The van der Waals surface area contributed by atoms with E-state index in [1.54, 1.807) is 19.1 Å². The fraction of sp³-hybridized carbons (Fsp3) is 0.925. The number of carbonyl (C=O) groups excluding carboxylic acids is 1. The normalized spacial score (nSPS) is 20.1. The maximum absolute atomic E-state index is 12.4. The van der Waals surface area contributed by atoms with Gasteiger partial charge in [0.1, 0.15) is 16.5 Å². The standard InChI is InChI=1S/C40H67Cl11O11S/c1-3-4-5-6-7-8-9-10-11-12-13-14-15-19-30(54)61-24(2)17-16-18-26(42)31(44)29(62-63(58,59)60)22-27(43)32(45)37(55)34(47)33(46)35(48)38(56)36(49)39(57)40(50,51)21-20-25(41)28(53)23-52/h16-17,24-29,31-39,52-53,55-57H,3-15,18-23H2,1-2H3,(H,58,59,60)/p-1/b17-16+/t24?,25?,26-,27?,28?,29+,31+,32+,33-,34-,35+,36+,37-,38?,39-/m1/s1. The van der Waals surface area contributed by atoms with Gasteiger partial charge in [-0.2, -0.15) is 0 Å². The molecule has 0 aliphatic rings. The third-order valence-electron chi connectivity index (χ3n) is 10.3. The summed E-state index contributed by atoms with van der Waals surface area (Å²) in [5.41, 5.74) is 0. The number of ether oxygens (including phenoxy) is 1. The largest absolute Gasteiger partial charge is 0.726 e. The van der Waals surface area contributed by atoms with Crippen molar-refractivity contribution in [3.63, 3.8) is 0 Å². The number of aliphatic hydroxyl groups is 5. The van der Waals surface area contributed by atoms with Crippen molar-refractivity contribution in [3.05, 3.63) is 12.2 Å². The Morgan fingerprint density at radius 1 is 0.683 bits per heavy atom. The first kappa shape index (κ1) is 65.1. The molecular formula is C40H66Cl11O11S-. The molecule has 0 heterocycles. The van der Waals surface area contributed by atoms with Gasteiger partial charge in [0.25, 0.3) is 0 Å². The molecule has 23 heteroatoms. The number of hydrogen-bond acceptors (Lipinski definition) is 11. The molecule has 0 saturated carbocycles. The third kappa shape index (κ3) is 27.9. The fourth-order valence-electron chi connectivity index (χ4n) is 6.40. The lowest BCUT2D eigenvalue weighted by molar-refractivity contribution is -0.146. The van der Waals surface area contributed by atoms with Gasteiger partial charge in [0.05, 0.1) is 79.4 Å². The summed E-state index contributed by atoms with van der Waals surface area (Å²) in [5, 5.41) is 38.7. The summed E-state index contributed by atoms with van der Waals surface area (Å²) in [7, 11) is -5.36. The van der Waals surface area contributed by atoms with Crippen LogP contribution < -0.4 is 0 Å². The molecule has 5 N–H and O–H groups in total. The third-order valence-corrected chi connectivity index (χ3v) is 16.8. The maximum atomic E-state index is 12.4. The van der Waals surface area contributed by atoms with Crippen LogP contribution in [-0.4, -0.2) is 140 Å².